The Morgan fingerprint density at radius 1 is 1.20 bits per heavy atom. The summed E-state index contributed by atoms with van der Waals surface area (Å²) in [4.78, 5) is 12.1. The molecule has 7 fully saturated rings. The maximum absolute atomic E-state index is 13.2. The molecule has 4 aliphatic heterocycles. The van der Waals surface area contributed by atoms with Crippen LogP contribution in [0.25, 0.3) is 0 Å². The van der Waals surface area contributed by atoms with E-state index in [-0.39, 0.29) is 42.9 Å². The van der Waals surface area contributed by atoms with Gasteiger partial charge in [0.25, 0.3) is 10.2 Å². The van der Waals surface area contributed by atoms with Crippen LogP contribution in [0, 0.1) is 23.2 Å². The van der Waals surface area contributed by atoms with Crippen molar-refractivity contribution in [2.45, 2.75) is 82.0 Å². The number of carbonyl (C=O) groups is 1. The van der Waals surface area contributed by atoms with Gasteiger partial charge >= 0.3 is 13.1 Å². The van der Waals surface area contributed by atoms with E-state index in [0.717, 1.165) is 19.4 Å². The third-order valence-corrected chi connectivity index (χ3v) is 12.5. The maximum Gasteiger partial charge on any atom is 0.457 e. The van der Waals surface area contributed by atoms with Crippen molar-refractivity contribution in [3.63, 3.8) is 0 Å². The van der Waals surface area contributed by atoms with Crippen LogP contribution in [-0.4, -0.2) is 90.7 Å². The highest BCUT2D eigenvalue weighted by atomic mass is 32.2. The average Bonchev–Trinajstić information content (AvgIpc) is 3.23. The smallest absolute Gasteiger partial charge is 0.457 e. The van der Waals surface area contributed by atoms with Crippen molar-refractivity contribution in [1.82, 2.24) is 13.9 Å². The second-order valence-electron chi connectivity index (χ2n) is 12.9. The number of aliphatic carboxylic acids is 1. The standard InChI is InChI=1S/C23H39BN4O6S/c1-20(2)16-9-17(20)21(3)18(10-16)33-24(34-21)7-4-5-15-11-27(14-23(15,25)19(29)30)35(31,32)28-12-22(13-28)6-8-26-22/h15-18,26H,4-14,25H2,1-3H3,(H,29,30)/t15-,16+,17+,18-,21+,23-/m0/s1. The minimum absolute atomic E-state index is 0.0798. The van der Waals surface area contributed by atoms with Crippen molar-refractivity contribution < 1.29 is 27.6 Å². The van der Waals surface area contributed by atoms with Crippen LogP contribution >= 0.6 is 0 Å². The lowest BCUT2D eigenvalue weighted by Crippen LogP contribution is -2.77. The molecule has 0 unspecified atom stereocenters. The number of hydrogen-bond donors (Lipinski definition) is 3. The van der Waals surface area contributed by atoms with Gasteiger partial charge in [0.15, 0.2) is 0 Å². The number of carboxylic acid groups (broad SMARTS) is 1. The largest absolute Gasteiger partial charge is 0.480 e. The van der Waals surface area contributed by atoms with Gasteiger partial charge in [0.1, 0.15) is 5.54 Å². The van der Waals surface area contributed by atoms with Crippen molar-refractivity contribution >= 4 is 23.3 Å². The van der Waals surface area contributed by atoms with Crippen molar-refractivity contribution in [3.05, 3.63) is 0 Å². The van der Waals surface area contributed by atoms with E-state index in [1.54, 1.807) is 0 Å². The molecule has 0 aromatic carbocycles. The molecule has 7 aliphatic rings. The molecular formula is C23H39BN4O6S. The van der Waals surface area contributed by atoms with Gasteiger partial charge in [-0.1, -0.05) is 20.3 Å². The Bertz CT molecular complexity index is 1020. The number of carboxylic acids is 1. The molecule has 0 aromatic heterocycles. The highest BCUT2D eigenvalue weighted by molar-refractivity contribution is 7.86. The fraction of sp³-hybridized carbons (Fsp3) is 0.957. The van der Waals surface area contributed by atoms with Gasteiger partial charge in [0.2, 0.25) is 0 Å². The molecule has 1 spiro atoms. The molecule has 196 valence electrons. The minimum Gasteiger partial charge on any atom is -0.480 e. The summed E-state index contributed by atoms with van der Waals surface area (Å²) in [5.74, 6) is -0.418. The van der Waals surface area contributed by atoms with Crippen molar-refractivity contribution in [1.29, 1.82) is 0 Å². The second kappa shape index (κ2) is 7.64. The SMILES string of the molecule is CC1(C)[C@H]2C[C@@H]3OB(CCC[C@H]4CN(S(=O)(=O)N5CC6(CCN6)C5)C[C@@]4(N)C(=O)O)O[C@]3(C)[C@@H]1C2. The maximum atomic E-state index is 13.2. The average molecular weight is 510 g/mol. The van der Waals surface area contributed by atoms with Gasteiger partial charge < -0.3 is 25.5 Å². The van der Waals surface area contributed by atoms with Crippen LogP contribution in [0.15, 0.2) is 0 Å². The first kappa shape index (κ1) is 24.6. The fourth-order valence-electron chi connectivity index (χ4n) is 7.97. The number of nitrogens with one attached hydrogen (secondary N) is 1. The molecular weight excluding hydrogens is 471 g/mol. The molecule has 3 aliphatic carbocycles. The number of nitrogens with zero attached hydrogens (tertiary/aromatic N) is 2. The molecule has 4 saturated heterocycles. The van der Waals surface area contributed by atoms with E-state index >= 15 is 0 Å². The zero-order chi connectivity index (χ0) is 25.0. The molecule has 4 heterocycles. The predicted octanol–water partition coefficient (Wildman–Crippen LogP) is 0.501. The molecule has 4 N–H and O–H groups in total. The van der Waals surface area contributed by atoms with Crippen LogP contribution in [-0.2, 0) is 24.3 Å². The quantitative estimate of drug-likeness (QED) is 0.422. The number of hydrogen-bond acceptors (Lipinski definition) is 7. The Morgan fingerprint density at radius 3 is 2.51 bits per heavy atom. The van der Waals surface area contributed by atoms with E-state index < -0.39 is 27.6 Å². The van der Waals surface area contributed by atoms with Crippen LogP contribution in [0.1, 0.15) is 52.9 Å². The summed E-state index contributed by atoms with van der Waals surface area (Å²) >= 11 is 0. The first-order valence-electron chi connectivity index (χ1n) is 13.2. The lowest BCUT2D eigenvalue weighted by Gasteiger charge is -2.64. The Balaban J connectivity index is 1.06. The van der Waals surface area contributed by atoms with Crippen molar-refractivity contribution in [2.24, 2.45) is 28.9 Å². The Labute approximate surface area is 208 Å². The van der Waals surface area contributed by atoms with Crippen LogP contribution < -0.4 is 11.1 Å². The van der Waals surface area contributed by atoms with Crippen LogP contribution in [0.3, 0.4) is 0 Å². The molecule has 0 radical (unpaired) electrons. The summed E-state index contributed by atoms with van der Waals surface area (Å²) in [6.07, 6.45) is 5.17. The van der Waals surface area contributed by atoms with E-state index in [0.29, 0.717) is 44.1 Å². The number of nitrogens with two attached hydrogens (primary N) is 1. The normalized spacial score (nSPS) is 43.9. The molecule has 10 nitrogen and oxygen atoms in total. The summed E-state index contributed by atoms with van der Waals surface area (Å²) in [6, 6.07) is 0. The summed E-state index contributed by atoms with van der Waals surface area (Å²) in [6.45, 7) is 8.59. The second-order valence-corrected chi connectivity index (χ2v) is 14.8. The molecule has 6 atom stereocenters. The van der Waals surface area contributed by atoms with Gasteiger partial charge in [-0.15, -0.1) is 0 Å². The van der Waals surface area contributed by atoms with Gasteiger partial charge in [0, 0.05) is 37.6 Å². The Hall–Kier alpha value is -0.755. The minimum atomic E-state index is -3.73. The highest BCUT2D eigenvalue weighted by Gasteiger charge is 2.67. The topological polar surface area (TPSA) is 134 Å². The Kier molecular flexibility index (Phi) is 5.37. The van der Waals surface area contributed by atoms with E-state index in [4.69, 9.17) is 15.0 Å². The first-order chi connectivity index (χ1) is 16.3. The molecule has 0 aromatic rings. The molecule has 0 amide bonds. The van der Waals surface area contributed by atoms with E-state index in [1.165, 1.54) is 15.0 Å². The van der Waals surface area contributed by atoms with Gasteiger partial charge in [-0.05, 0) is 62.7 Å². The summed E-state index contributed by atoms with van der Waals surface area (Å²) in [5, 5.41) is 13.2. The third kappa shape index (κ3) is 3.43. The molecule has 7 rings (SSSR count). The highest BCUT2D eigenvalue weighted by Crippen LogP contribution is 2.65. The van der Waals surface area contributed by atoms with Crippen LogP contribution in [0.4, 0.5) is 0 Å². The fourth-order valence-corrected chi connectivity index (χ4v) is 9.86. The molecule has 2 bridgehead atoms. The summed E-state index contributed by atoms with van der Waals surface area (Å²) < 4.78 is 41.9. The monoisotopic (exact) mass is 510 g/mol. The Morgan fingerprint density at radius 2 is 1.91 bits per heavy atom. The zero-order valence-electron chi connectivity index (χ0n) is 21.0. The molecule has 12 heteroatoms. The van der Waals surface area contributed by atoms with Crippen molar-refractivity contribution in [2.75, 3.05) is 32.7 Å². The first-order valence-corrected chi connectivity index (χ1v) is 14.6. The van der Waals surface area contributed by atoms with E-state index in [2.05, 4.69) is 26.1 Å². The lowest BCUT2D eigenvalue weighted by atomic mass is 9.43. The third-order valence-electron chi connectivity index (χ3n) is 10.7. The zero-order valence-corrected chi connectivity index (χ0v) is 21.8. The predicted molar refractivity (Wildman–Crippen MR) is 130 cm³/mol. The van der Waals surface area contributed by atoms with Gasteiger partial charge in [-0.3, -0.25) is 4.79 Å². The van der Waals surface area contributed by atoms with Gasteiger partial charge in [-0.25, -0.2) is 0 Å². The van der Waals surface area contributed by atoms with Crippen LogP contribution in [0.5, 0.6) is 0 Å². The summed E-state index contributed by atoms with van der Waals surface area (Å²) in [5.41, 5.74) is 4.70. The van der Waals surface area contributed by atoms with Gasteiger partial charge in [-0.2, -0.15) is 17.0 Å². The van der Waals surface area contributed by atoms with Crippen LogP contribution in [0.2, 0.25) is 6.32 Å². The lowest BCUT2D eigenvalue weighted by molar-refractivity contribution is -0.199. The van der Waals surface area contributed by atoms with Crippen molar-refractivity contribution in [3.8, 4) is 0 Å². The van der Waals surface area contributed by atoms with E-state index in [1.807, 2.05) is 0 Å². The summed E-state index contributed by atoms with van der Waals surface area (Å²) in [7, 11) is -4.03. The van der Waals surface area contributed by atoms with Gasteiger partial charge in [0.05, 0.1) is 11.7 Å². The number of rotatable bonds is 7. The molecule has 3 saturated carbocycles. The molecule has 35 heavy (non-hydrogen) atoms. The van der Waals surface area contributed by atoms with E-state index in [9.17, 15) is 18.3 Å².